The second-order valence-electron chi connectivity index (χ2n) is 4.53. The summed E-state index contributed by atoms with van der Waals surface area (Å²) in [6, 6.07) is 12.3. The normalized spacial score (nSPS) is 10.7. The number of anilines is 1. The van der Waals surface area contributed by atoms with Crippen LogP contribution < -0.4 is 5.32 Å². The summed E-state index contributed by atoms with van der Waals surface area (Å²) in [7, 11) is 0. The van der Waals surface area contributed by atoms with E-state index in [0.717, 1.165) is 17.1 Å². The number of hydrogen-bond acceptors (Lipinski definition) is 5. The van der Waals surface area contributed by atoms with E-state index in [1.165, 1.54) is 5.56 Å². The van der Waals surface area contributed by atoms with Crippen molar-refractivity contribution in [1.29, 1.82) is 0 Å². The molecule has 20 heavy (non-hydrogen) atoms. The number of rotatable bonds is 5. The maximum Gasteiger partial charge on any atom is 0.228 e. The lowest BCUT2D eigenvalue weighted by Crippen LogP contribution is -2.04. The molecule has 2 aromatic heterocycles. The van der Waals surface area contributed by atoms with E-state index in [2.05, 4.69) is 46.6 Å². The molecule has 0 fully saturated rings. The Morgan fingerprint density at radius 3 is 2.80 bits per heavy atom. The number of nitrogens with one attached hydrogen (secondary N) is 1. The first-order valence-corrected chi connectivity index (χ1v) is 7.36. The molecule has 0 spiro atoms. The minimum atomic E-state index is 0.660. The largest absolute Gasteiger partial charge is 0.385 e. The number of aromatic nitrogens is 2. The van der Waals surface area contributed by atoms with E-state index >= 15 is 0 Å². The van der Waals surface area contributed by atoms with Gasteiger partial charge in [0.05, 0.1) is 4.88 Å². The Balaban J connectivity index is 1.55. The Bertz CT molecular complexity index is 659. The fraction of sp³-hybridized carbons (Fsp3) is 0.200. The predicted octanol–water partition coefficient (Wildman–Crippen LogP) is 3.76. The highest BCUT2D eigenvalue weighted by Gasteiger charge is 2.08. The van der Waals surface area contributed by atoms with Gasteiger partial charge in [-0.15, -0.1) is 11.3 Å². The fourth-order valence-corrected chi connectivity index (χ4v) is 2.50. The van der Waals surface area contributed by atoms with Gasteiger partial charge in [0.2, 0.25) is 11.7 Å². The predicted molar refractivity (Wildman–Crippen MR) is 81.0 cm³/mol. The van der Waals surface area contributed by atoms with Gasteiger partial charge in [0.25, 0.3) is 0 Å². The van der Waals surface area contributed by atoms with E-state index in [1.807, 2.05) is 17.5 Å². The van der Waals surface area contributed by atoms with Crippen molar-refractivity contribution in [2.75, 3.05) is 11.9 Å². The minimum Gasteiger partial charge on any atom is -0.385 e. The summed E-state index contributed by atoms with van der Waals surface area (Å²) in [5, 5.41) is 9.34. The summed E-state index contributed by atoms with van der Waals surface area (Å²) in [5.41, 5.74) is 2.36. The van der Waals surface area contributed by atoms with Crippen LogP contribution in [0.3, 0.4) is 0 Å². The van der Waals surface area contributed by atoms with Crippen molar-refractivity contribution in [3.63, 3.8) is 0 Å². The van der Waals surface area contributed by atoms with Crippen LogP contribution in [-0.4, -0.2) is 16.7 Å². The highest BCUT2D eigenvalue weighted by molar-refractivity contribution is 7.13. The average molecular weight is 285 g/mol. The second kappa shape index (κ2) is 5.88. The monoisotopic (exact) mass is 285 g/mol. The molecule has 0 aliphatic carbocycles. The number of benzene rings is 1. The highest BCUT2D eigenvalue weighted by atomic mass is 32.1. The molecular weight excluding hydrogens is 270 g/mol. The molecule has 2 heterocycles. The van der Waals surface area contributed by atoms with Crippen LogP contribution in [0.2, 0.25) is 0 Å². The maximum atomic E-state index is 5.25. The lowest BCUT2D eigenvalue weighted by atomic mass is 10.2. The summed E-state index contributed by atoms with van der Waals surface area (Å²) in [4.78, 5) is 5.42. The van der Waals surface area contributed by atoms with Gasteiger partial charge in [-0.1, -0.05) is 28.9 Å². The maximum absolute atomic E-state index is 5.25. The van der Waals surface area contributed by atoms with Gasteiger partial charge in [0.1, 0.15) is 0 Å². The molecular formula is C15H15N3OS. The molecule has 3 rings (SSSR count). The van der Waals surface area contributed by atoms with Crippen molar-refractivity contribution in [3.8, 4) is 10.7 Å². The van der Waals surface area contributed by atoms with E-state index in [4.69, 9.17) is 4.52 Å². The van der Waals surface area contributed by atoms with Crippen LogP contribution in [0.1, 0.15) is 11.5 Å². The minimum absolute atomic E-state index is 0.660. The molecule has 102 valence electrons. The van der Waals surface area contributed by atoms with Crippen LogP contribution >= 0.6 is 11.3 Å². The topological polar surface area (TPSA) is 51.0 Å². The average Bonchev–Trinajstić information content (AvgIpc) is 3.11. The Hall–Kier alpha value is -2.14. The van der Waals surface area contributed by atoms with Crippen molar-refractivity contribution < 1.29 is 4.52 Å². The first-order valence-electron chi connectivity index (χ1n) is 6.48. The molecule has 3 aromatic rings. The Kier molecular flexibility index (Phi) is 3.78. The molecule has 0 aliphatic rings. The zero-order valence-electron chi connectivity index (χ0n) is 11.2. The van der Waals surface area contributed by atoms with Gasteiger partial charge in [-0.3, -0.25) is 0 Å². The Morgan fingerprint density at radius 1 is 1.20 bits per heavy atom. The second-order valence-corrected chi connectivity index (χ2v) is 5.48. The number of hydrogen-bond donors (Lipinski definition) is 1. The van der Waals surface area contributed by atoms with Crippen molar-refractivity contribution in [2.24, 2.45) is 0 Å². The highest BCUT2D eigenvalue weighted by Crippen LogP contribution is 2.21. The Labute approximate surface area is 121 Å². The summed E-state index contributed by atoms with van der Waals surface area (Å²) < 4.78 is 5.25. The molecule has 0 amide bonds. The summed E-state index contributed by atoms with van der Waals surface area (Å²) >= 11 is 1.61. The van der Waals surface area contributed by atoms with E-state index in [1.54, 1.807) is 11.3 Å². The molecule has 5 heteroatoms. The lowest BCUT2D eigenvalue weighted by molar-refractivity contribution is 0.381. The SMILES string of the molecule is Cc1ccc(NCCc2nc(-c3cccs3)no2)cc1. The van der Waals surface area contributed by atoms with Crippen molar-refractivity contribution in [3.05, 3.63) is 53.2 Å². The van der Waals surface area contributed by atoms with Crippen LogP contribution in [0.5, 0.6) is 0 Å². The van der Waals surface area contributed by atoms with E-state index < -0.39 is 0 Å². The fourth-order valence-electron chi connectivity index (χ4n) is 1.85. The summed E-state index contributed by atoms with van der Waals surface area (Å²) in [6.45, 7) is 2.85. The van der Waals surface area contributed by atoms with Crippen molar-refractivity contribution in [1.82, 2.24) is 10.1 Å². The van der Waals surface area contributed by atoms with Crippen molar-refractivity contribution in [2.45, 2.75) is 13.3 Å². The van der Waals surface area contributed by atoms with Crippen LogP contribution in [0.4, 0.5) is 5.69 Å². The van der Waals surface area contributed by atoms with E-state index in [9.17, 15) is 0 Å². The smallest absolute Gasteiger partial charge is 0.228 e. The van der Waals surface area contributed by atoms with Gasteiger partial charge < -0.3 is 9.84 Å². The van der Waals surface area contributed by atoms with Crippen LogP contribution in [0, 0.1) is 6.92 Å². The molecule has 0 saturated heterocycles. The van der Waals surface area contributed by atoms with E-state index in [-0.39, 0.29) is 0 Å². The third kappa shape index (κ3) is 3.05. The molecule has 1 aromatic carbocycles. The quantitative estimate of drug-likeness (QED) is 0.775. The van der Waals surface area contributed by atoms with Crippen LogP contribution in [0.15, 0.2) is 46.3 Å². The van der Waals surface area contributed by atoms with Crippen molar-refractivity contribution >= 4 is 17.0 Å². The lowest BCUT2D eigenvalue weighted by Gasteiger charge is -2.04. The number of aryl methyl sites for hydroxylation is 1. The molecule has 0 radical (unpaired) electrons. The third-order valence-corrected chi connectivity index (χ3v) is 3.80. The molecule has 1 N–H and O–H groups in total. The van der Waals surface area contributed by atoms with Gasteiger partial charge >= 0.3 is 0 Å². The number of nitrogens with zero attached hydrogens (tertiary/aromatic N) is 2. The molecule has 4 nitrogen and oxygen atoms in total. The van der Waals surface area contributed by atoms with E-state index in [0.29, 0.717) is 18.1 Å². The zero-order valence-corrected chi connectivity index (χ0v) is 12.0. The first kappa shape index (κ1) is 12.9. The molecule has 0 bridgehead atoms. The van der Waals surface area contributed by atoms with Gasteiger partial charge in [-0.2, -0.15) is 4.98 Å². The van der Waals surface area contributed by atoms with Gasteiger partial charge in [-0.25, -0.2) is 0 Å². The number of thiophene rings is 1. The van der Waals surface area contributed by atoms with Gasteiger partial charge in [0, 0.05) is 18.7 Å². The molecule has 0 saturated carbocycles. The summed E-state index contributed by atoms with van der Waals surface area (Å²) in [6.07, 6.45) is 0.715. The third-order valence-electron chi connectivity index (χ3n) is 2.93. The molecule has 0 atom stereocenters. The van der Waals surface area contributed by atoms with Crippen LogP contribution in [0.25, 0.3) is 10.7 Å². The first-order chi connectivity index (χ1) is 9.81. The zero-order chi connectivity index (χ0) is 13.8. The van der Waals surface area contributed by atoms with Crippen LogP contribution in [-0.2, 0) is 6.42 Å². The Morgan fingerprint density at radius 2 is 2.05 bits per heavy atom. The van der Waals surface area contributed by atoms with Gasteiger partial charge in [-0.05, 0) is 30.5 Å². The molecule has 0 unspecified atom stereocenters. The van der Waals surface area contributed by atoms with Gasteiger partial charge in [0.15, 0.2) is 0 Å². The molecule has 0 aliphatic heterocycles. The standard InChI is InChI=1S/C15H15N3OS/c1-11-4-6-12(7-5-11)16-9-8-14-17-15(18-19-14)13-3-2-10-20-13/h2-7,10,16H,8-9H2,1H3. The summed E-state index contributed by atoms with van der Waals surface area (Å²) in [5.74, 6) is 1.33.